The van der Waals surface area contributed by atoms with Crippen LogP contribution in [0.3, 0.4) is 0 Å². The van der Waals surface area contributed by atoms with Gasteiger partial charge in [-0.15, -0.1) is 0 Å². The fourth-order valence-electron chi connectivity index (χ4n) is 3.27. The molecule has 0 saturated carbocycles. The highest BCUT2D eigenvalue weighted by Gasteiger charge is 2.31. The molecule has 0 bridgehead atoms. The number of anilines is 1. The maximum Gasteiger partial charge on any atom is 0.247 e. The summed E-state index contributed by atoms with van der Waals surface area (Å²) in [5.41, 5.74) is 0.694. The summed E-state index contributed by atoms with van der Waals surface area (Å²) in [5.74, 6) is -1.21. The highest BCUT2D eigenvalue weighted by atomic mass is 16.2. The van der Waals surface area contributed by atoms with Gasteiger partial charge in [-0.3, -0.25) is 14.4 Å². The van der Waals surface area contributed by atoms with Crippen molar-refractivity contribution in [2.75, 3.05) is 12.4 Å². The van der Waals surface area contributed by atoms with Crippen LogP contribution in [0.5, 0.6) is 0 Å². The molecule has 7 heteroatoms. The topological polar surface area (TPSA) is 99.3 Å². The number of benzene rings is 2. The number of likely N-dealkylation sites (N-methyl/N-ethyl adjacent to an activating group) is 1. The van der Waals surface area contributed by atoms with Gasteiger partial charge in [0.15, 0.2) is 0 Å². The molecule has 0 spiro atoms. The normalized spacial score (nSPS) is 14.2. The summed E-state index contributed by atoms with van der Waals surface area (Å²) >= 11 is 0. The van der Waals surface area contributed by atoms with Gasteiger partial charge in [0.25, 0.3) is 0 Å². The van der Waals surface area contributed by atoms with E-state index < -0.39 is 18.1 Å². The Morgan fingerprint density at radius 2 is 1.26 bits per heavy atom. The lowest BCUT2D eigenvalue weighted by Crippen LogP contribution is -2.57. The van der Waals surface area contributed by atoms with Gasteiger partial charge in [-0.1, -0.05) is 64.1 Å². The minimum Gasteiger partial charge on any atom is -0.343 e. The first-order valence-corrected chi connectivity index (χ1v) is 10.7. The molecule has 2 rings (SSSR count). The average molecular weight is 427 g/mol. The highest BCUT2D eigenvalue weighted by molar-refractivity contribution is 6.05. The lowest BCUT2D eigenvalue weighted by atomic mass is 9.99. The molecule has 2 aromatic carbocycles. The molecule has 4 N–H and O–H groups in total. The Bertz CT molecular complexity index is 921. The molecule has 0 saturated heterocycles. The molecule has 0 aromatic heterocycles. The van der Waals surface area contributed by atoms with Crippen LogP contribution in [0.1, 0.15) is 34.6 Å². The second-order valence-corrected chi connectivity index (χ2v) is 8.49. The molecule has 0 aliphatic rings. The Labute approximate surface area is 184 Å². The zero-order valence-electron chi connectivity index (χ0n) is 19.2. The third-order valence-corrected chi connectivity index (χ3v) is 5.37. The Kier molecular flexibility index (Phi) is 8.56. The third kappa shape index (κ3) is 6.28. The maximum absolute atomic E-state index is 13.1. The Morgan fingerprint density at radius 1 is 0.710 bits per heavy atom. The Hall–Kier alpha value is -2.93. The average Bonchev–Trinajstić information content (AvgIpc) is 2.74. The fourth-order valence-corrected chi connectivity index (χ4v) is 3.27. The highest BCUT2D eigenvalue weighted by Crippen LogP contribution is 2.23. The van der Waals surface area contributed by atoms with E-state index in [0.717, 1.165) is 10.8 Å². The zero-order valence-corrected chi connectivity index (χ0v) is 19.2. The number of amides is 3. The lowest BCUT2D eigenvalue weighted by Gasteiger charge is -2.28. The van der Waals surface area contributed by atoms with Crippen LogP contribution in [0.4, 0.5) is 5.69 Å². The molecule has 7 nitrogen and oxygen atoms in total. The van der Waals surface area contributed by atoms with E-state index in [9.17, 15) is 14.4 Å². The van der Waals surface area contributed by atoms with Crippen molar-refractivity contribution in [3.8, 4) is 0 Å². The van der Waals surface area contributed by atoms with Crippen LogP contribution in [0.2, 0.25) is 0 Å². The van der Waals surface area contributed by atoms with Gasteiger partial charge in [0.2, 0.25) is 17.7 Å². The van der Waals surface area contributed by atoms with Crippen LogP contribution in [0.15, 0.2) is 42.5 Å². The molecule has 168 valence electrons. The molecule has 0 fully saturated rings. The fraction of sp³-hybridized carbons (Fsp3) is 0.458. The van der Waals surface area contributed by atoms with E-state index in [1.807, 2.05) is 70.2 Å². The summed E-state index contributed by atoms with van der Waals surface area (Å²) in [7, 11) is 1.68. The van der Waals surface area contributed by atoms with Gasteiger partial charge >= 0.3 is 0 Å². The van der Waals surface area contributed by atoms with Gasteiger partial charge in [-0.05, 0) is 37.3 Å². The van der Waals surface area contributed by atoms with Crippen LogP contribution in [-0.4, -0.2) is 42.9 Å². The van der Waals surface area contributed by atoms with E-state index >= 15 is 0 Å². The molecule has 31 heavy (non-hydrogen) atoms. The van der Waals surface area contributed by atoms with Crippen molar-refractivity contribution >= 4 is 34.2 Å². The molecule has 0 aliphatic carbocycles. The number of rotatable bonds is 9. The quantitative estimate of drug-likeness (QED) is 0.495. The van der Waals surface area contributed by atoms with Crippen molar-refractivity contribution in [3.63, 3.8) is 0 Å². The standard InChI is InChI=1S/C24H34N4O3/c1-14(2)20(28-24(31)21(15(3)4)27-22(29)16(5)25-6)23(30)26-19-13-9-11-17-10-7-8-12-18(17)19/h7-16,20-21,25H,1-6H3,(H,26,30)(H,27,29)(H,28,31)/t16-,20-,21-/m0/s1. The summed E-state index contributed by atoms with van der Waals surface area (Å²) in [5, 5.41) is 13.4. The SMILES string of the molecule is CN[C@@H](C)C(=O)N[C@H](C(=O)N[C@H](C(=O)Nc1cccc2ccccc12)C(C)C)C(C)C. The summed E-state index contributed by atoms with van der Waals surface area (Å²) in [6.45, 7) is 9.18. The van der Waals surface area contributed by atoms with E-state index in [0.29, 0.717) is 5.69 Å². The number of hydrogen-bond donors (Lipinski definition) is 4. The van der Waals surface area contributed by atoms with Gasteiger partial charge in [-0.25, -0.2) is 0 Å². The zero-order chi connectivity index (χ0) is 23.1. The maximum atomic E-state index is 13.1. The Morgan fingerprint density at radius 3 is 1.87 bits per heavy atom. The monoisotopic (exact) mass is 426 g/mol. The number of carbonyl (C=O) groups is 3. The van der Waals surface area contributed by atoms with Gasteiger partial charge in [0.05, 0.1) is 6.04 Å². The molecular weight excluding hydrogens is 392 g/mol. The molecule has 2 aromatic rings. The second kappa shape index (κ2) is 10.9. The van der Waals surface area contributed by atoms with Gasteiger partial charge in [0, 0.05) is 11.1 Å². The summed E-state index contributed by atoms with van der Waals surface area (Å²) in [6.07, 6.45) is 0. The molecule has 3 atom stereocenters. The van der Waals surface area contributed by atoms with E-state index in [1.54, 1.807) is 14.0 Å². The second-order valence-electron chi connectivity index (χ2n) is 8.49. The van der Waals surface area contributed by atoms with E-state index in [4.69, 9.17) is 0 Å². The molecule has 0 aliphatic heterocycles. The van der Waals surface area contributed by atoms with Crippen molar-refractivity contribution in [2.24, 2.45) is 11.8 Å². The Balaban J connectivity index is 2.17. The third-order valence-electron chi connectivity index (χ3n) is 5.37. The van der Waals surface area contributed by atoms with Crippen LogP contribution in [0, 0.1) is 11.8 Å². The van der Waals surface area contributed by atoms with Crippen LogP contribution >= 0.6 is 0 Å². The van der Waals surface area contributed by atoms with E-state index in [-0.39, 0.29) is 29.6 Å². The van der Waals surface area contributed by atoms with Crippen LogP contribution < -0.4 is 21.3 Å². The first-order chi connectivity index (χ1) is 14.6. The van der Waals surface area contributed by atoms with Gasteiger partial charge in [0.1, 0.15) is 12.1 Å². The minimum absolute atomic E-state index is 0.137. The summed E-state index contributed by atoms with van der Waals surface area (Å²) in [4.78, 5) is 38.3. The van der Waals surface area contributed by atoms with Gasteiger partial charge < -0.3 is 21.3 Å². The van der Waals surface area contributed by atoms with Crippen LogP contribution in [-0.2, 0) is 14.4 Å². The van der Waals surface area contributed by atoms with Crippen molar-refractivity contribution in [1.82, 2.24) is 16.0 Å². The van der Waals surface area contributed by atoms with Crippen molar-refractivity contribution < 1.29 is 14.4 Å². The number of hydrogen-bond acceptors (Lipinski definition) is 4. The molecule has 0 unspecified atom stereocenters. The summed E-state index contributed by atoms with van der Waals surface area (Å²) in [6, 6.07) is 11.6. The smallest absolute Gasteiger partial charge is 0.247 e. The largest absolute Gasteiger partial charge is 0.343 e. The van der Waals surface area contributed by atoms with Crippen LogP contribution in [0.25, 0.3) is 10.8 Å². The predicted octanol–water partition coefficient (Wildman–Crippen LogP) is 2.67. The van der Waals surface area contributed by atoms with Crippen molar-refractivity contribution in [1.29, 1.82) is 0 Å². The first-order valence-electron chi connectivity index (χ1n) is 10.7. The van der Waals surface area contributed by atoms with Gasteiger partial charge in [-0.2, -0.15) is 0 Å². The molecule has 3 amide bonds. The number of fused-ring (bicyclic) bond motifs is 1. The minimum atomic E-state index is -0.744. The number of carbonyl (C=O) groups excluding carboxylic acids is 3. The molecule has 0 heterocycles. The summed E-state index contributed by atoms with van der Waals surface area (Å²) < 4.78 is 0. The van der Waals surface area contributed by atoms with Crippen molar-refractivity contribution in [2.45, 2.75) is 52.7 Å². The predicted molar refractivity (Wildman–Crippen MR) is 125 cm³/mol. The molecule has 0 radical (unpaired) electrons. The van der Waals surface area contributed by atoms with Crippen molar-refractivity contribution in [3.05, 3.63) is 42.5 Å². The molecular formula is C24H34N4O3. The van der Waals surface area contributed by atoms with E-state index in [1.165, 1.54) is 0 Å². The lowest BCUT2D eigenvalue weighted by molar-refractivity contribution is -0.133. The first kappa shape index (κ1) is 24.3. The number of nitrogens with one attached hydrogen (secondary N) is 4. The van der Waals surface area contributed by atoms with E-state index in [2.05, 4.69) is 21.3 Å².